The standard InChI is InChI=1S/C17H18ClN3O3/c1-24-15-5-4-11(7-13(15)18)10-21-6-2-3-14(21)16-19-8-12(9-20-16)17(22)23/h4-5,7-9,14H,2-3,6,10H2,1H3,(H,22,23). The second-order valence-corrected chi connectivity index (χ2v) is 6.14. The Morgan fingerprint density at radius 1 is 1.42 bits per heavy atom. The minimum atomic E-state index is -1.02. The molecule has 0 spiro atoms. The Morgan fingerprint density at radius 2 is 2.17 bits per heavy atom. The average Bonchev–Trinajstić information content (AvgIpc) is 3.03. The van der Waals surface area contributed by atoms with Crippen LogP contribution >= 0.6 is 11.6 Å². The zero-order valence-electron chi connectivity index (χ0n) is 13.3. The predicted octanol–water partition coefficient (Wildman–Crippen LogP) is 3.17. The van der Waals surface area contributed by atoms with Crippen LogP contribution in [-0.4, -0.2) is 39.6 Å². The summed E-state index contributed by atoms with van der Waals surface area (Å²) in [5.74, 6) is 0.306. The molecule has 1 atom stereocenters. The molecular weight excluding hydrogens is 330 g/mol. The second kappa shape index (κ2) is 7.15. The monoisotopic (exact) mass is 347 g/mol. The lowest BCUT2D eigenvalue weighted by Crippen LogP contribution is -2.24. The number of rotatable bonds is 5. The number of likely N-dealkylation sites (tertiary alicyclic amines) is 1. The average molecular weight is 348 g/mol. The van der Waals surface area contributed by atoms with Crippen molar-refractivity contribution < 1.29 is 14.6 Å². The van der Waals surface area contributed by atoms with E-state index in [1.165, 1.54) is 12.4 Å². The fraction of sp³-hybridized carbons (Fsp3) is 0.353. The fourth-order valence-corrected chi connectivity index (χ4v) is 3.25. The molecule has 1 aromatic carbocycles. The Bertz CT molecular complexity index is 736. The Balaban J connectivity index is 1.75. The smallest absolute Gasteiger partial charge is 0.338 e. The molecule has 7 heteroatoms. The third-order valence-electron chi connectivity index (χ3n) is 4.18. The molecule has 3 rings (SSSR count). The van der Waals surface area contributed by atoms with E-state index in [4.69, 9.17) is 21.4 Å². The van der Waals surface area contributed by atoms with Crippen LogP contribution in [0.4, 0.5) is 0 Å². The molecule has 2 heterocycles. The molecule has 0 aliphatic carbocycles. The van der Waals surface area contributed by atoms with Gasteiger partial charge in [-0.2, -0.15) is 0 Å². The van der Waals surface area contributed by atoms with Gasteiger partial charge in [0, 0.05) is 18.9 Å². The number of carboxylic acid groups (broad SMARTS) is 1. The molecule has 0 amide bonds. The molecule has 126 valence electrons. The molecule has 1 aromatic heterocycles. The molecule has 1 aliphatic rings. The van der Waals surface area contributed by atoms with E-state index >= 15 is 0 Å². The van der Waals surface area contributed by atoms with Crippen molar-refractivity contribution in [3.63, 3.8) is 0 Å². The third kappa shape index (κ3) is 3.49. The summed E-state index contributed by atoms with van der Waals surface area (Å²) in [4.78, 5) is 21.7. The first-order chi connectivity index (χ1) is 11.6. The molecule has 0 saturated carbocycles. The number of ether oxygens (including phenoxy) is 1. The van der Waals surface area contributed by atoms with Gasteiger partial charge >= 0.3 is 5.97 Å². The Morgan fingerprint density at radius 3 is 2.79 bits per heavy atom. The van der Waals surface area contributed by atoms with Gasteiger partial charge in [0.25, 0.3) is 0 Å². The van der Waals surface area contributed by atoms with Gasteiger partial charge in [-0.1, -0.05) is 17.7 Å². The van der Waals surface area contributed by atoms with Crippen molar-refractivity contribution in [2.75, 3.05) is 13.7 Å². The van der Waals surface area contributed by atoms with E-state index in [-0.39, 0.29) is 11.6 Å². The summed E-state index contributed by atoms with van der Waals surface area (Å²) in [5, 5.41) is 9.53. The molecule has 1 N–H and O–H groups in total. The van der Waals surface area contributed by atoms with Crippen LogP contribution in [0.25, 0.3) is 0 Å². The Hall–Kier alpha value is -2.18. The van der Waals surface area contributed by atoms with Crippen LogP contribution in [0.15, 0.2) is 30.6 Å². The number of aromatic carboxylic acids is 1. The maximum atomic E-state index is 10.9. The van der Waals surface area contributed by atoms with Crippen LogP contribution in [0.2, 0.25) is 5.02 Å². The number of carbonyl (C=O) groups is 1. The van der Waals surface area contributed by atoms with Crippen molar-refractivity contribution in [2.45, 2.75) is 25.4 Å². The van der Waals surface area contributed by atoms with Crippen LogP contribution in [0.3, 0.4) is 0 Å². The zero-order valence-corrected chi connectivity index (χ0v) is 14.0. The van der Waals surface area contributed by atoms with Crippen molar-refractivity contribution in [1.82, 2.24) is 14.9 Å². The molecule has 6 nitrogen and oxygen atoms in total. The van der Waals surface area contributed by atoms with Crippen LogP contribution in [0.1, 0.15) is 40.6 Å². The van der Waals surface area contributed by atoms with E-state index in [0.29, 0.717) is 16.6 Å². The highest BCUT2D eigenvalue weighted by molar-refractivity contribution is 6.32. The maximum absolute atomic E-state index is 10.9. The van der Waals surface area contributed by atoms with E-state index in [1.807, 2.05) is 18.2 Å². The van der Waals surface area contributed by atoms with Crippen molar-refractivity contribution in [3.05, 3.63) is 52.6 Å². The highest BCUT2D eigenvalue weighted by atomic mass is 35.5. The van der Waals surface area contributed by atoms with E-state index in [2.05, 4.69) is 14.9 Å². The highest BCUT2D eigenvalue weighted by Crippen LogP contribution is 2.32. The SMILES string of the molecule is COc1ccc(CN2CCCC2c2ncc(C(=O)O)cn2)cc1Cl. The van der Waals surface area contributed by atoms with E-state index in [9.17, 15) is 4.79 Å². The molecule has 0 radical (unpaired) electrons. The lowest BCUT2D eigenvalue weighted by molar-refractivity contribution is 0.0695. The number of benzene rings is 1. The van der Waals surface area contributed by atoms with Gasteiger partial charge in [0.2, 0.25) is 0 Å². The van der Waals surface area contributed by atoms with Gasteiger partial charge in [-0.25, -0.2) is 14.8 Å². The van der Waals surface area contributed by atoms with Crippen LogP contribution in [-0.2, 0) is 6.54 Å². The number of hydrogen-bond acceptors (Lipinski definition) is 5. The van der Waals surface area contributed by atoms with Gasteiger partial charge < -0.3 is 9.84 Å². The minimum Gasteiger partial charge on any atom is -0.495 e. The summed E-state index contributed by atoms with van der Waals surface area (Å²) in [6.07, 6.45) is 4.74. The lowest BCUT2D eigenvalue weighted by atomic mass is 10.1. The zero-order chi connectivity index (χ0) is 17.1. The van der Waals surface area contributed by atoms with Gasteiger partial charge in [0.15, 0.2) is 0 Å². The fourth-order valence-electron chi connectivity index (χ4n) is 2.97. The summed E-state index contributed by atoms with van der Waals surface area (Å²) in [6.45, 7) is 1.68. The Kier molecular flexibility index (Phi) is 4.97. The first-order valence-electron chi connectivity index (χ1n) is 7.70. The van der Waals surface area contributed by atoms with Crippen molar-refractivity contribution in [3.8, 4) is 5.75 Å². The number of hydrogen-bond donors (Lipinski definition) is 1. The molecule has 1 saturated heterocycles. The summed E-state index contributed by atoms with van der Waals surface area (Å²) in [7, 11) is 1.59. The third-order valence-corrected chi connectivity index (χ3v) is 4.48. The minimum absolute atomic E-state index is 0.0914. The van der Waals surface area contributed by atoms with Gasteiger partial charge in [0.05, 0.1) is 23.7 Å². The van der Waals surface area contributed by atoms with Gasteiger partial charge in [-0.05, 0) is 37.1 Å². The van der Waals surface area contributed by atoms with Crippen LogP contribution < -0.4 is 4.74 Å². The molecule has 2 aromatic rings. The molecule has 1 fully saturated rings. The molecule has 1 aliphatic heterocycles. The quantitative estimate of drug-likeness (QED) is 0.895. The first kappa shape index (κ1) is 16.7. The van der Waals surface area contributed by atoms with Crippen molar-refractivity contribution in [1.29, 1.82) is 0 Å². The molecule has 0 bridgehead atoms. The maximum Gasteiger partial charge on any atom is 0.338 e. The molecular formula is C17H18ClN3O3. The predicted molar refractivity (Wildman–Crippen MR) is 89.4 cm³/mol. The Labute approximate surface area is 145 Å². The van der Waals surface area contributed by atoms with Crippen molar-refractivity contribution >= 4 is 17.6 Å². The number of nitrogens with zero attached hydrogens (tertiary/aromatic N) is 3. The van der Waals surface area contributed by atoms with Crippen LogP contribution in [0.5, 0.6) is 5.75 Å². The summed E-state index contributed by atoms with van der Waals surface area (Å²) in [6, 6.07) is 5.85. The van der Waals surface area contributed by atoms with Gasteiger partial charge in [0.1, 0.15) is 11.6 Å². The van der Waals surface area contributed by atoms with Gasteiger partial charge in [-0.15, -0.1) is 0 Å². The number of methoxy groups -OCH3 is 1. The highest BCUT2D eigenvalue weighted by Gasteiger charge is 2.28. The summed E-state index contributed by atoms with van der Waals surface area (Å²) >= 11 is 6.19. The largest absolute Gasteiger partial charge is 0.495 e. The topological polar surface area (TPSA) is 75.5 Å². The summed E-state index contributed by atoms with van der Waals surface area (Å²) < 4.78 is 5.18. The van der Waals surface area contributed by atoms with Crippen LogP contribution in [0, 0.1) is 0 Å². The lowest BCUT2D eigenvalue weighted by Gasteiger charge is -2.23. The summed E-state index contributed by atoms with van der Waals surface area (Å²) in [5.41, 5.74) is 1.19. The number of halogens is 1. The van der Waals surface area contributed by atoms with E-state index in [0.717, 1.165) is 31.5 Å². The normalized spacial score (nSPS) is 17.8. The number of aromatic nitrogens is 2. The second-order valence-electron chi connectivity index (χ2n) is 5.73. The van der Waals surface area contributed by atoms with E-state index < -0.39 is 5.97 Å². The number of carboxylic acids is 1. The van der Waals surface area contributed by atoms with Gasteiger partial charge in [-0.3, -0.25) is 4.90 Å². The first-order valence-corrected chi connectivity index (χ1v) is 8.08. The van der Waals surface area contributed by atoms with E-state index in [1.54, 1.807) is 7.11 Å². The molecule has 24 heavy (non-hydrogen) atoms. The molecule has 1 unspecified atom stereocenters. The van der Waals surface area contributed by atoms with Crippen molar-refractivity contribution in [2.24, 2.45) is 0 Å².